The molecule has 0 atom stereocenters. The Morgan fingerprint density at radius 2 is 1.65 bits per heavy atom. The third-order valence-corrected chi connectivity index (χ3v) is 2.23. The highest BCUT2D eigenvalue weighted by Gasteiger charge is 2.28. The first-order valence-corrected chi connectivity index (χ1v) is 5.14. The molecule has 0 aromatic heterocycles. The first-order chi connectivity index (χ1) is 7.93. The number of hydrogen-bond donors (Lipinski definition) is 2. The van der Waals surface area contributed by atoms with Crippen LogP contribution in [-0.4, -0.2) is 28.3 Å². The summed E-state index contributed by atoms with van der Waals surface area (Å²) in [6, 6.07) is 6.80. The number of hydrogen-bond acceptors (Lipinski definition) is 3. The summed E-state index contributed by atoms with van der Waals surface area (Å²) >= 11 is 0. The van der Waals surface area contributed by atoms with Gasteiger partial charge in [0.1, 0.15) is 5.75 Å². The van der Waals surface area contributed by atoms with Crippen molar-refractivity contribution < 1.29 is 24.5 Å². The van der Waals surface area contributed by atoms with E-state index in [2.05, 4.69) is 0 Å². The molecule has 0 bridgehead atoms. The van der Waals surface area contributed by atoms with E-state index in [9.17, 15) is 9.59 Å². The van der Waals surface area contributed by atoms with Gasteiger partial charge in [0.05, 0.1) is 0 Å². The number of carboxylic acids is 2. The molecule has 17 heavy (non-hydrogen) atoms. The maximum atomic E-state index is 10.7. The minimum atomic E-state index is -1.88. The Morgan fingerprint density at radius 1 is 1.12 bits per heavy atom. The number of para-hydroxylation sites is 1. The molecule has 2 N–H and O–H groups in total. The van der Waals surface area contributed by atoms with Crippen molar-refractivity contribution in [1.82, 2.24) is 0 Å². The first kappa shape index (κ1) is 13.0. The van der Waals surface area contributed by atoms with E-state index >= 15 is 0 Å². The van der Waals surface area contributed by atoms with E-state index in [1.807, 2.05) is 13.8 Å². The quantitative estimate of drug-likeness (QED) is 0.763. The summed E-state index contributed by atoms with van der Waals surface area (Å²) in [4.78, 5) is 21.4. The van der Waals surface area contributed by atoms with Crippen molar-refractivity contribution in [2.45, 2.75) is 25.9 Å². The standard InChI is InChI=1S/C12H14O5/c1-7(2)8-5-3-4-6-9(8)17-10(11(13)14)12(15)16/h3-7,10H,1-2H3,(H,13,14)(H,15,16). The highest BCUT2D eigenvalue weighted by molar-refractivity contribution is 5.96. The van der Waals surface area contributed by atoms with Crippen molar-refractivity contribution in [3.63, 3.8) is 0 Å². The van der Waals surface area contributed by atoms with Crippen molar-refractivity contribution in [3.8, 4) is 5.75 Å². The van der Waals surface area contributed by atoms with E-state index in [1.54, 1.807) is 24.3 Å². The zero-order valence-electron chi connectivity index (χ0n) is 9.58. The van der Waals surface area contributed by atoms with Gasteiger partial charge in [0.2, 0.25) is 0 Å². The second-order valence-corrected chi connectivity index (χ2v) is 3.87. The molecule has 0 unspecified atom stereocenters. The van der Waals surface area contributed by atoms with Gasteiger partial charge < -0.3 is 14.9 Å². The van der Waals surface area contributed by atoms with E-state index in [4.69, 9.17) is 14.9 Å². The minimum absolute atomic E-state index is 0.120. The Balaban J connectivity index is 3.01. The third-order valence-electron chi connectivity index (χ3n) is 2.23. The first-order valence-electron chi connectivity index (χ1n) is 5.14. The summed E-state index contributed by atoms with van der Waals surface area (Å²) in [6.45, 7) is 3.83. The zero-order valence-corrected chi connectivity index (χ0v) is 9.58. The number of carbonyl (C=O) groups is 2. The highest BCUT2D eigenvalue weighted by atomic mass is 16.5. The Bertz CT molecular complexity index is 411. The van der Waals surface area contributed by atoms with E-state index in [1.165, 1.54) is 0 Å². The molecule has 1 aromatic rings. The fraction of sp³-hybridized carbons (Fsp3) is 0.333. The molecular weight excluding hydrogens is 224 g/mol. The molecule has 0 spiro atoms. The molecule has 5 nitrogen and oxygen atoms in total. The minimum Gasteiger partial charge on any atom is -0.478 e. The predicted octanol–water partition coefficient (Wildman–Crippen LogP) is 1.73. The van der Waals surface area contributed by atoms with Crippen molar-refractivity contribution in [3.05, 3.63) is 29.8 Å². The van der Waals surface area contributed by atoms with Gasteiger partial charge in [0.25, 0.3) is 6.10 Å². The summed E-state index contributed by atoms with van der Waals surface area (Å²) in [6.07, 6.45) is -1.88. The van der Waals surface area contributed by atoms with Crippen LogP contribution in [0.5, 0.6) is 5.75 Å². The van der Waals surface area contributed by atoms with Crippen molar-refractivity contribution in [1.29, 1.82) is 0 Å². The van der Waals surface area contributed by atoms with Gasteiger partial charge in [-0.1, -0.05) is 32.0 Å². The molecule has 0 saturated carbocycles. The third kappa shape index (κ3) is 3.21. The number of ether oxygens (including phenoxy) is 1. The van der Waals surface area contributed by atoms with Crippen LogP contribution in [0, 0.1) is 0 Å². The second-order valence-electron chi connectivity index (χ2n) is 3.87. The maximum absolute atomic E-state index is 10.7. The van der Waals surface area contributed by atoms with Crippen LogP contribution in [0.15, 0.2) is 24.3 Å². The SMILES string of the molecule is CC(C)c1ccccc1OC(C(=O)O)C(=O)O. The van der Waals surface area contributed by atoms with Gasteiger partial charge in [-0.05, 0) is 17.5 Å². The molecule has 0 aliphatic heterocycles. The smallest absolute Gasteiger partial charge is 0.356 e. The molecule has 0 aliphatic rings. The average Bonchev–Trinajstić information content (AvgIpc) is 2.25. The molecule has 5 heteroatoms. The molecule has 0 fully saturated rings. The Hall–Kier alpha value is -2.04. The van der Waals surface area contributed by atoms with Crippen LogP contribution >= 0.6 is 0 Å². The van der Waals surface area contributed by atoms with Gasteiger partial charge in [-0.2, -0.15) is 0 Å². The summed E-state index contributed by atoms with van der Waals surface area (Å²) < 4.78 is 5.03. The number of carboxylic acid groups (broad SMARTS) is 2. The van der Waals surface area contributed by atoms with E-state index in [0.717, 1.165) is 5.56 Å². The predicted molar refractivity (Wildman–Crippen MR) is 60.2 cm³/mol. The molecule has 0 heterocycles. The van der Waals surface area contributed by atoms with Crippen LogP contribution in [0.25, 0.3) is 0 Å². The maximum Gasteiger partial charge on any atom is 0.356 e. The molecule has 1 aromatic carbocycles. The zero-order chi connectivity index (χ0) is 13.0. The van der Waals surface area contributed by atoms with Gasteiger partial charge in [-0.25, -0.2) is 9.59 Å². The van der Waals surface area contributed by atoms with Crippen molar-refractivity contribution in [2.75, 3.05) is 0 Å². The van der Waals surface area contributed by atoms with Gasteiger partial charge >= 0.3 is 11.9 Å². The average molecular weight is 238 g/mol. The lowest BCUT2D eigenvalue weighted by atomic mass is 10.0. The molecular formula is C12H14O5. The van der Waals surface area contributed by atoms with Crippen LogP contribution < -0.4 is 4.74 Å². The van der Waals surface area contributed by atoms with Crippen molar-refractivity contribution in [2.24, 2.45) is 0 Å². The lowest BCUT2D eigenvalue weighted by Crippen LogP contribution is -2.35. The Kier molecular flexibility index (Phi) is 4.09. The van der Waals surface area contributed by atoms with Gasteiger partial charge in [-0.15, -0.1) is 0 Å². The van der Waals surface area contributed by atoms with Crippen LogP contribution in [0.3, 0.4) is 0 Å². The van der Waals surface area contributed by atoms with Gasteiger partial charge in [0, 0.05) is 0 Å². The van der Waals surface area contributed by atoms with Gasteiger partial charge in [-0.3, -0.25) is 0 Å². The lowest BCUT2D eigenvalue weighted by Gasteiger charge is -2.16. The number of rotatable bonds is 5. The molecule has 0 amide bonds. The van der Waals surface area contributed by atoms with Crippen LogP contribution in [0.4, 0.5) is 0 Å². The second kappa shape index (κ2) is 5.34. The Labute approximate surface area is 98.6 Å². The van der Waals surface area contributed by atoms with E-state index in [-0.39, 0.29) is 11.7 Å². The summed E-state index contributed by atoms with van der Waals surface area (Å²) in [5, 5.41) is 17.5. The Morgan fingerprint density at radius 3 is 2.12 bits per heavy atom. The van der Waals surface area contributed by atoms with Crippen LogP contribution in [-0.2, 0) is 9.59 Å². The van der Waals surface area contributed by atoms with Gasteiger partial charge in [0.15, 0.2) is 0 Å². The fourth-order valence-electron chi connectivity index (χ4n) is 1.40. The largest absolute Gasteiger partial charge is 0.478 e. The molecule has 0 radical (unpaired) electrons. The number of benzene rings is 1. The number of aliphatic carboxylic acids is 2. The molecule has 1 rings (SSSR count). The van der Waals surface area contributed by atoms with E-state index in [0.29, 0.717) is 0 Å². The molecule has 0 aliphatic carbocycles. The highest BCUT2D eigenvalue weighted by Crippen LogP contribution is 2.26. The van der Waals surface area contributed by atoms with Crippen LogP contribution in [0.2, 0.25) is 0 Å². The lowest BCUT2D eigenvalue weighted by molar-refractivity contribution is -0.159. The van der Waals surface area contributed by atoms with Crippen LogP contribution in [0.1, 0.15) is 25.3 Å². The fourth-order valence-corrected chi connectivity index (χ4v) is 1.40. The molecule has 0 saturated heterocycles. The summed E-state index contributed by atoms with van der Waals surface area (Å²) in [7, 11) is 0. The monoisotopic (exact) mass is 238 g/mol. The van der Waals surface area contributed by atoms with E-state index < -0.39 is 18.0 Å². The topological polar surface area (TPSA) is 83.8 Å². The molecule has 92 valence electrons. The summed E-state index contributed by atoms with van der Waals surface area (Å²) in [5.41, 5.74) is 0.778. The summed E-state index contributed by atoms with van der Waals surface area (Å²) in [5.74, 6) is -2.63. The normalized spacial score (nSPS) is 10.6. The van der Waals surface area contributed by atoms with Crippen molar-refractivity contribution >= 4 is 11.9 Å².